The Labute approximate surface area is 218 Å². The summed E-state index contributed by atoms with van der Waals surface area (Å²) in [5.74, 6) is 0.925. The molecule has 0 spiro atoms. The first-order chi connectivity index (χ1) is 18.0. The van der Waals surface area contributed by atoms with Crippen molar-refractivity contribution in [2.75, 3.05) is 0 Å². The number of nitrogens with one attached hydrogen (secondary N) is 1. The van der Waals surface area contributed by atoms with Crippen molar-refractivity contribution in [2.45, 2.75) is 90.9 Å². The third-order valence-electron chi connectivity index (χ3n) is 7.78. The number of rotatable bonds is 9. The third kappa shape index (κ3) is 5.67. The van der Waals surface area contributed by atoms with Crippen LogP contribution in [0.5, 0.6) is 0 Å². The fourth-order valence-electron chi connectivity index (χ4n) is 5.72. The number of para-hydroxylation sites is 1. The first-order valence-corrected chi connectivity index (χ1v) is 13.7. The molecule has 2 aromatic carbocycles. The second-order valence-electron chi connectivity index (χ2n) is 10.6. The van der Waals surface area contributed by atoms with Gasteiger partial charge >= 0.3 is 0 Å². The SMILES string of the molecule is CCC[C@H](c1nnnn1C1CCCCC1)N(Cc1ccc(C)cc1)Cc1cc2cccc(C)c2[nH]c1=O. The van der Waals surface area contributed by atoms with E-state index in [2.05, 4.69) is 80.3 Å². The minimum Gasteiger partial charge on any atom is -0.321 e. The van der Waals surface area contributed by atoms with Gasteiger partial charge in [0.1, 0.15) is 0 Å². The smallest absolute Gasteiger partial charge is 0.252 e. The highest BCUT2D eigenvalue weighted by Crippen LogP contribution is 2.33. The van der Waals surface area contributed by atoms with E-state index in [0.717, 1.165) is 53.5 Å². The Bertz CT molecular complexity index is 1380. The van der Waals surface area contributed by atoms with Gasteiger partial charge in [0.15, 0.2) is 5.82 Å². The van der Waals surface area contributed by atoms with Crippen LogP contribution in [0.1, 0.15) is 92.0 Å². The predicted molar refractivity (Wildman–Crippen MR) is 147 cm³/mol. The second kappa shape index (κ2) is 11.4. The molecule has 0 radical (unpaired) electrons. The molecule has 0 aliphatic heterocycles. The highest BCUT2D eigenvalue weighted by atomic mass is 16.1. The van der Waals surface area contributed by atoms with Crippen molar-refractivity contribution < 1.29 is 0 Å². The lowest BCUT2D eigenvalue weighted by Gasteiger charge is -2.32. The minimum atomic E-state index is -0.0298. The van der Waals surface area contributed by atoms with E-state index < -0.39 is 0 Å². The number of tetrazole rings is 1. The summed E-state index contributed by atoms with van der Waals surface area (Å²) >= 11 is 0. The van der Waals surface area contributed by atoms with Gasteiger partial charge in [0.2, 0.25) is 0 Å². The number of pyridine rings is 1. The van der Waals surface area contributed by atoms with Crippen molar-refractivity contribution in [2.24, 2.45) is 0 Å². The molecule has 194 valence electrons. The van der Waals surface area contributed by atoms with Crippen LogP contribution in [0.4, 0.5) is 0 Å². The van der Waals surface area contributed by atoms with Crippen LogP contribution in [0.25, 0.3) is 10.9 Å². The topological polar surface area (TPSA) is 79.7 Å². The molecule has 0 saturated heterocycles. The van der Waals surface area contributed by atoms with E-state index in [1.54, 1.807) is 0 Å². The van der Waals surface area contributed by atoms with E-state index >= 15 is 0 Å². The first-order valence-electron chi connectivity index (χ1n) is 13.7. The molecule has 0 bridgehead atoms. The van der Waals surface area contributed by atoms with Gasteiger partial charge in [0.05, 0.1) is 17.6 Å². The summed E-state index contributed by atoms with van der Waals surface area (Å²) in [7, 11) is 0. The van der Waals surface area contributed by atoms with Gasteiger partial charge in [-0.3, -0.25) is 9.69 Å². The molecule has 0 amide bonds. The molecule has 0 unspecified atom stereocenters. The Morgan fingerprint density at radius 3 is 2.59 bits per heavy atom. The molecule has 1 saturated carbocycles. The maximum absolute atomic E-state index is 13.3. The van der Waals surface area contributed by atoms with Crippen LogP contribution in [-0.2, 0) is 13.1 Å². The number of aromatic nitrogens is 5. The number of benzene rings is 2. The van der Waals surface area contributed by atoms with E-state index in [-0.39, 0.29) is 11.6 Å². The van der Waals surface area contributed by atoms with Crippen LogP contribution in [0.3, 0.4) is 0 Å². The molecule has 7 nitrogen and oxygen atoms in total. The van der Waals surface area contributed by atoms with Crippen molar-refractivity contribution in [1.29, 1.82) is 0 Å². The zero-order valence-electron chi connectivity index (χ0n) is 22.3. The molecular weight excluding hydrogens is 460 g/mol. The monoisotopic (exact) mass is 498 g/mol. The average Bonchev–Trinajstić information content (AvgIpc) is 3.39. The molecule has 1 fully saturated rings. The second-order valence-corrected chi connectivity index (χ2v) is 10.6. The van der Waals surface area contributed by atoms with Crippen molar-refractivity contribution >= 4 is 10.9 Å². The number of H-pyrrole nitrogens is 1. The van der Waals surface area contributed by atoms with Crippen molar-refractivity contribution in [1.82, 2.24) is 30.1 Å². The van der Waals surface area contributed by atoms with Gasteiger partial charge in [0, 0.05) is 18.7 Å². The van der Waals surface area contributed by atoms with Crippen LogP contribution in [0.15, 0.2) is 53.3 Å². The fourth-order valence-corrected chi connectivity index (χ4v) is 5.72. The number of nitrogens with zero attached hydrogens (tertiary/aromatic N) is 5. The largest absolute Gasteiger partial charge is 0.321 e. The number of hydrogen-bond donors (Lipinski definition) is 1. The van der Waals surface area contributed by atoms with Crippen LogP contribution < -0.4 is 5.56 Å². The van der Waals surface area contributed by atoms with Crippen molar-refractivity contribution in [3.8, 4) is 0 Å². The molecule has 1 aliphatic carbocycles. The molecule has 1 N–H and O–H groups in total. The zero-order chi connectivity index (χ0) is 25.8. The molecule has 7 heteroatoms. The van der Waals surface area contributed by atoms with Crippen molar-refractivity contribution in [3.63, 3.8) is 0 Å². The lowest BCUT2D eigenvalue weighted by Crippen LogP contribution is -2.33. The standard InChI is InChI=1S/C30H38N6O/c1-4-9-27(29-32-33-34-36(29)26-12-6-5-7-13-26)35(19-23-16-14-21(2)15-17-23)20-25-18-24-11-8-10-22(3)28(24)31-30(25)37/h8,10-11,14-18,26-27H,4-7,9,12-13,19-20H2,1-3H3,(H,31,37)/t27-/m1/s1. The summed E-state index contributed by atoms with van der Waals surface area (Å²) in [4.78, 5) is 18.8. The Balaban J connectivity index is 1.54. The molecule has 2 heterocycles. The minimum absolute atomic E-state index is 0.0100. The maximum Gasteiger partial charge on any atom is 0.252 e. The summed E-state index contributed by atoms with van der Waals surface area (Å²) in [5.41, 5.74) is 5.18. The van der Waals surface area contributed by atoms with Gasteiger partial charge in [0.25, 0.3) is 5.56 Å². The Kier molecular flexibility index (Phi) is 7.79. The van der Waals surface area contributed by atoms with Gasteiger partial charge in [-0.25, -0.2) is 4.68 Å². The Hall–Kier alpha value is -3.32. The first kappa shape index (κ1) is 25.3. The highest BCUT2D eigenvalue weighted by molar-refractivity contribution is 5.81. The van der Waals surface area contributed by atoms with Crippen LogP contribution in [0, 0.1) is 13.8 Å². The van der Waals surface area contributed by atoms with Gasteiger partial charge in [-0.15, -0.1) is 5.10 Å². The molecule has 2 aromatic heterocycles. The normalized spacial score (nSPS) is 15.5. The number of hydrogen-bond acceptors (Lipinski definition) is 5. The number of aromatic amines is 1. The highest BCUT2D eigenvalue weighted by Gasteiger charge is 2.29. The van der Waals surface area contributed by atoms with E-state index in [9.17, 15) is 4.79 Å². The Morgan fingerprint density at radius 1 is 1.05 bits per heavy atom. The van der Waals surface area contributed by atoms with Crippen molar-refractivity contribution in [3.05, 3.63) is 87.0 Å². The van der Waals surface area contributed by atoms with Crippen LogP contribution in [0.2, 0.25) is 0 Å². The van der Waals surface area contributed by atoms with E-state index in [1.165, 1.54) is 30.4 Å². The number of fused-ring (bicyclic) bond motifs is 1. The summed E-state index contributed by atoms with van der Waals surface area (Å²) in [6.07, 6.45) is 7.90. The molecule has 5 rings (SSSR count). The van der Waals surface area contributed by atoms with Crippen LogP contribution in [-0.4, -0.2) is 30.1 Å². The molecule has 1 atom stereocenters. The lowest BCUT2D eigenvalue weighted by atomic mass is 9.95. The Morgan fingerprint density at radius 2 is 1.84 bits per heavy atom. The number of aryl methyl sites for hydroxylation is 2. The van der Waals surface area contributed by atoms with Gasteiger partial charge in [-0.05, 0) is 66.1 Å². The summed E-state index contributed by atoms with van der Waals surface area (Å²) in [5, 5.41) is 14.3. The van der Waals surface area contributed by atoms with Crippen LogP contribution >= 0.6 is 0 Å². The van der Waals surface area contributed by atoms with Gasteiger partial charge in [-0.1, -0.05) is 80.6 Å². The lowest BCUT2D eigenvalue weighted by molar-refractivity contribution is 0.150. The van der Waals surface area contributed by atoms with E-state index in [0.29, 0.717) is 19.1 Å². The van der Waals surface area contributed by atoms with Gasteiger partial charge < -0.3 is 4.98 Å². The van der Waals surface area contributed by atoms with Gasteiger partial charge in [-0.2, -0.15) is 0 Å². The molecular formula is C30H38N6O. The average molecular weight is 499 g/mol. The molecule has 1 aliphatic rings. The summed E-state index contributed by atoms with van der Waals surface area (Å²) in [6.45, 7) is 7.58. The fraction of sp³-hybridized carbons (Fsp3) is 0.467. The quantitative estimate of drug-likeness (QED) is 0.298. The molecule has 37 heavy (non-hydrogen) atoms. The van der Waals surface area contributed by atoms with E-state index in [1.807, 2.05) is 19.1 Å². The molecule has 4 aromatic rings. The summed E-state index contributed by atoms with van der Waals surface area (Å²) in [6, 6.07) is 17.2. The third-order valence-corrected chi connectivity index (χ3v) is 7.78. The predicted octanol–water partition coefficient (Wildman–Crippen LogP) is 6.18. The maximum atomic E-state index is 13.3. The summed E-state index contributed by atoms with van der Waals surface area (Å²) < 4.78 is 2.09. The van der Waals surface area contributed by atoms with E-state index in [4.69, 9.17) is 0 Å². The zero-order valence-corrected chi connectivity index (χ0v) is 22.3.